The topological polar surface area (TPSA) is 111 Å². The molecular formula is C33H31N3O6. The number of methoxy groups -OCH3 is 1. The number of aryl methyl sites for hydroxylation is 1. The third kappa shape index (κ3) is 4.40. The molecule has 3 aliphatic rings. The number of pyridine rings is 1. The van der Waals surface area contributed by atoms with Gasteiger partial charge >= 0.3 is 5.97 Å². The summed E-state index contributed by atoms with van der Waals surface area (Å²) < 4.78 is 14.5. The third-order valence-electron chi connectivity index (χ3n) is 8.86. The maximum atomic E-state index is 13.7. The molecule has 1 spiro atoms. The first-order valence-corrected chi connectivity index (χ1v) is 14.3. The second kappa shape index (κ2) is 9.72. The summed E-state index contributed by atoms with van der Waals surface area (Å²) in [6, 6.07) is 12.9. The van der Waals surface area contributed by atoms with E-state index < -0.39 is 11.6 Å². The van der Waals surface area contributed by atoms with Gasteiger partial charge < -0.3 is 24.0 Å². The Hall–Kier alpha value is -4.66. The Balaban J connectivity index is 1.09. The molecule has 0 bridgehead atoms. The fourth-order valence-corrected chi connectivity index (χ4v) is 6.46. The number of ketones is 1. The number of Topliss-reactive ketones (excluding diaryl/α,β-unsaturated/α-hetero) is 1. The number of benzene rings is 2. The molecule has 2 aromatic carbocycles. The maximum Gasteiger partial charge on any atom is 0.354 e. The zero-order valence-electron chi connectivity index (χ0n) is 23.6. The van der Waals surface area contributed by atoms with Gasteiger partial charge in [-0.3, -0.25) is 9.59 Å². The standard InChI is InChI=1S/C33H31N3O6/c1-19-18-36(23-4-5-23)26-15-22(16-29(41-2)30(19)26)31(38)35-11-8-33(9-12-35)17-27(37)24-13-20(3-6-28(24)42-33)21-7-10-34-25(14-21)32(39)40/h3,6-7,10,13-16,18,23H,4-5,8-9,11-12,17H2,1-2H3,(H,39,40). The van der Waals surface area contributed by atoms with Crippen LogP contribution in [0.3, 0.4) is 0 Å². The highest BCUT2D eigenvalue weighted by Crippen LogP contribution is 2.43. The number of amides is 1. The Morgan fingerprint density at radius 3 is 2.55 bits per heavy atom. The van der Waals surface area contributed by atoms with Gasteiger partial charge in [-0.15, -0.1) is 0 Å². The van der Waals surface area contributed by atoms with Crippen LogP contribution in [0.1, 0.15) is 74.9 Å². The van der Waals surface area contributed by atoms with Crippen LogP contribution in [0.4, 0.5) is 0 Å². The molecule has 2 fully saturated rings. The van der Waals surface area contributed by atoms with Crippen molar-refractivity contribution in [1.29, 1.82) is 0 Å². The number of carboxylic acids is 1. The molecular weight excluding hydrogens is 534 g/mol. The van der Waals surface area contributed by atoms with E-state index in [0.717, 1.165) is 34.9 Å². The minimum Gasteiger partial charge on any atom is -0.496 e. The van der Waals surface area contributed by atoms with Crippen LogP contribution in [-0.4, -0.2) is 63.0 Å². The minimum absolute atomic E-state index is 0.0169. The lowest BCUT2D eigenvalue weighted by Gasteiger charge is -2.44. The van der Waals surface area contributed by atoms with Crippen molar-refractivity contribution in [3.63, 3.8) is 0 Å². The highest BCUT2D eigenvalue weighted by molar-refractivity contribution is 6.03. The van der Waals surface area contributed by atoms with E-state index in [4.69, 9.17) is 9.47 Å². The number of likely N-dealkylation sites (tertiary alicyclic amines) is 1. The summed E-state index contributed by atoms with van der Waals surface area (Å²) in [4.78, 5) is 44.1. The predicted octanol–water partition coefficient (Wildman–Crippen LogP) is 5.69. The molecule has 1 aliphatic carbocycles. The Morgan fingerprint density at radius 1 is 1.07 bits per heavy atom. The van der Waals surface area contributed by atoms with Crippen molar-refractivity contribution in [2.45, 2.75) is 50.7 Å². The van der Waals surface area contributed by atoms with Crippen molar-refractivity contribution in [3.8, 4) is 22.6 Å². The number of rotatable bonds is 5. The fourth-order valence-electron chi connectivity index (χ4n) is 6.46. The van der Waals surface area contributed by atoms with Gasteiger partial charge in [-0.05, 0) is 72.9 Å². The van der Waals surface area contributed by atoms with Gasteiger partial charge in [-0.1, -0.05) is 6.07 Å². The van der Waals surface area contributed by atoms with Crippen LogP contribution in [0.25, 0.3) is 22.0 Å². The lowest BCUT2D eigenvalue weighted by atomic mass is 9.82. The molecule has 0 unspecified atom stereocenters. The number of carbonyl (C=O) groups excluding carboxylic acids is 2. The van der Waals surface area contributed by atoms with Crippen LogP contribution in [0, 0.1) is 6.92 Å². The number of aromatic nitrogens is 2. The molecule has 214 valence electrons. The average molecular weight is 566 g/mol. The van der Waals surface area contributed by atoms with Gasteiger partial charge in [0.25, 0.3) is 5.91 Å². The highest BCUT2D eigenvalue weighted by Gasteiger charge is 2.44. The maximum absolute atomic E-state index is 13.7. The molecule has 42 heavy (non-hydrogen) atoms. The zero-order chi connectivity index (χ0) is 29.2. The van der Waals surface area contributed by atoms with Gasteiger partial charge in [0.15, 0.2) is 5.78 Å². The largest absolute Gasteiger partial charge is 0.496 e. The van der Waals surface area contributed by atoms with E-state index in [9.17, 15) is 19.5 Å². The lowest BCUT2D eigenvalue weighted by Crippen LogP contribution is -2.52. The number of hydrogen-bond donors (Lipinski definition) is 1. The van der Waals surface area contributed by atoms with Gasteiger partial charge in [0.1, 0.15) is 22.8 Å². The van der Waals surface area contributed by atoms with E-state index in [0.29, 0.717) is 60.2 Å². The molecule has 4 heterocycles. The van der Waals surface area contributed by atoms with Crippen molar-refractivity contribution in [2.24, 2.45) is 0 Å². The van der Waals surface area contributed by atoms with E-state index in [-0.39, 0.29) is 23.8 Å². The molecule has 7 rings (SSSR count). The fraction of sp³-hybridized carbons (Fsp3) is 0.333. The first-order chi connectivity index (χ1) is 20.2. The van der Waals surface area contributed by atoms with Crippen LogP contribution in [0.15, 0.2) is 54.9 Å². The summed E-state index contributed by atoms with van der Waals surface area (Å²) >= 11 is 0. The van der Waals surface area contributed by atoms with Crippen LogP contribution in [-0.2, 0) is 0 Å². The Morgan fingerprint density at radius 2 is 1.83 bits per heavy atom. The van der Waals surface area contributed by atoms with Crippen LogP contribution in [0.5, 0.6) is 11.5 Å². The second-order valence-electron chi connectivity index (χ2n) is 11.6. The zero-order valence-corrected chi connectivity index (χ0v) is 23.6. The Kier molecular flexibility index (Phi) is 6.07. The summed E-state index contributed by atoms with van der Waals surface area (Å²) in [5, 5.41) is 10.3. The van der Waals surface area contributed by atoms with E-state index in [1.54, 1.807) is 25.3 Å². The predicted molar refractivity (Wildman–Crippen MR) is 156 cm³/mol. The third-order valence-corrected chi connectivity index (χ3v) is 8.86. The minimum atomic E-state index is -1.11. The Labute approximate surface area is 242 Å². The monoisotopic (exact) mass is 565 g/mol. The number of aromatic carboxylic acids is 1. The number of piperidine rings is 1. The van der Waals surface area contributed by atoms with Crippen molar-refractivity contribution >= 4 is 28.6 Å². The molecule has 1 saturated heterocycles. The summed E-state index contributed by atoms with van der Waals surface area (Å²) in [5.41, 5.74) is 3.95. The number of carboxylic acid groups (broad SMARTS) is 1. The summed E-state index contributed by atoms with van der Waals surface area (Å²) in [6.45, 7) is 3.04. The van der Waals surface area contributed by atoms with Gasteiger partial charge in [-0.2, -0.15) is 0 Å². The van der Waals surface area contributed by atoms with Gasteiger partial charge in [-0.25, -0.2) is 9.78 Å². The van der Waals surface area contributed by atoms with Crippen LogP contribution >= 0.6 is 0 Å². The molecule has 2 aromatic heterocycles. The molecule has 4 aromatic rings. The van der Waals surface area contributed by atoms with E-state index in [1.807, 2.05) is 23.1 Å². The van der Waals surface area contributed by atoms with Gasteiger partial charge in [0.2, 0.25) is 0 Å². The molecule has 9 nitrogen and oxygen atoms in total. The normalized spacial score (nSPS) is 17.7. The second-order valence-corrected chi connectivity index (χ2v) is 11.6. The van der Waals surface area contributed by atoms with Crippen LogP contribution in [0.2, 0.25) is 0 Å². The summed E-state index contributed by atoms with van der Waals surface area (Å²) in [7, 11) is 1.64. The number of hydrogen-bond acceptors (Lipinski definition) is 6. The van der Waals surface area contributed by atoms with Gasteiger partial charge in [0, 0.05) is 55.3 Å². The number of ether oxygens (including phenoxy) is 2. The van der Waals surface area contributed by atoms with Crippen molar-refractivity contribution in [3.05, 3.63) is 77.2 Å². The SMILES string of the molecule is COc1cc(C(=O)N2CCC3(CC2)CC(=O)c2cc(-c4ccnc(C(=O)O)c4)ccc2O3)cc2c1c(C)cn2C1CC1. The van der Waals surface area contributed by atoms with E-state index in [2.05, 4.69) is 22.7 Å². The Bertz CT molecular complexity index is 1780. The number of carbonyl (C=O) groups is 3. The lowest BCUT2D eigenvalue weighted by molar-refractivity contribution is -0.00571. The summed E-state index contributed by atoms with van der Waals surface area (Å²) in [5.74, 6) is 0.0648. The van der Waals surface area contributed by atoms with Crippen molar-refractivity contribution in [1.82, 2.24) is 14.5 Å². The summed E-state index contributed by atoms with van der Waals surface area (Å²) in [6.07, 6.45) is 7.24. The van der Waals surface area contributed by atoms with Gasteiger partial charge in [0.05, 0.1) is 24.6 Å². The quantitative estimate of drug-likeness (QED) is 0.331. The molecule has 1 amide bonds. The first kappa shape index (κ1) is 26.3. The van der Waals surface area contributed by atoms with E-state index in [1.165, 1.54) is 12.3 Å². The van der Waals surface area contributed by atoms with Crippen molar-refractivity contribution in [2.75, 3.05) is 20.2 Å². The molecule has 0 atom stereocenters. The molecule has 1 saturated carbocycles. The molecule has 2 aliphatic heterocycles. The highest BCUT2D eigenvalue weighted by atomic mass is 16.5. The van der Waals surface area contributed by atoms with E-state index >= 15 is 0 Å². The smallest absolute Gasteiger partial charge is 0.354 e. The number of nitrogens with zero attached hydrogens (tertiary/aromatic N) is 3. The molecule has 1 N–H and O–H groups in total. The average Bonchev–Trinajstić information content (AvgIpc) is 3.79. The number of fused-ring (bicyclic) bond motifs is 2. The van der Waals surface area contributed by atoms with Crippen LogP contribution < -0.4 is 9.47 Å². The molecule has 9 heteroatoms. The first-order valence-electron chi connectivity index (χ1n) is 14.3. The molecule has 0 radical (unpaired) electrons. The van der Waals surface area contributed by atoms with Crippen molar-refractivity contribution < 1.29 is 29.0 Å².